The van der Waals surface area contributed by atoms with Gasteiger partial charge in [-0.1, -0.05) is 12.1 Å². The molecule has 2 aromatic rings. The molecule has 1 aromatic heterocycles. The number of pyridine rings is 1. The fourth-order valence-electron chi connectivity index (χ4n) is 4.06. The minimum absolute atomic E-state index is 0.0274. The van der Waals surface area contributed by atoms with E-state index in [-0.39, 0.29) is 17.5 Å². The molecule has 0 saturated heterocycles. The smallest absolute Gasteiger partial charge is 0.255 e. The van der Waals surface area contributed by atoms with Gasteiger partial charge in [-0.15, -0.1) is 0 Å². The molecule has 4 rings (SSSR count). The lowest BCUT2D eigenvalue weighted by Gasteiger charge is -2.34. The van der Waals surface area contributed by atoms with Crippen LogP contribution >= 0.6 is 0 Å². The second kappa shape index (κ2) is 7.62. The zero-order chi connectivity index (χ0) is 20.5. The van der Waals surface area contributed by atoms with Gasteiger partial charge >= 0.3 is 0 Å². The van der Waals surface area contributed by atoms with E-state index < -0.39 is 5.92 Å². The summed E-state index contributed by atoms with van der Waals surface area (Å²) in [5.41, 5.74) is 4.31. The summed E-state index contributed by atoms with van der Waals surface area (Å²) in [6, 6.07) is 9.64. The van der Waals surface area contributed by atoms with Crippen molar-refractivity contribution in [1.29, 1.82) is 0 Å². The number of amides is 1. The number of halogens is 1. The molecule has 0 saturated carbocycles. The first-order valence-corrected chi connectivity index (χ1v) is 9.67. The lowest BCUT2D eigenvalue weighted by Crippen LogP contribution is -2.35. The molecule has 0 fully saturated rings. The van der Waals surface area contributed by atoms with Crippen molar-refractivity contribution in [3.8, 4) is 0 Å². The molecule has 2 N–H and O–H groups in total. The molecule has 0 radical (unpaired) electrons. The topological polar surface area (TPSA) is 71.1 Å². The van der Waals surface area contributed by atoms with Crippen molar-refractivity contribution in [2.24, 2.45) is 0 Å². The van der Waals surface area contributed by atoms with Crippen LogP contribution in [0.1, 0.15) is 43.2 Å². The van der Waals surface area contributed by atoms with Gasteiger partial charge in [0.25, 0.3) is 5.91 Å². The number of hydrogen-bond donors (Lipinski definition) is 2. The Kier molecular flexibility index (Phi) is 5.01. The lowest BCUT2D eigenvalue weighted by molar-refractivity contribution is -0.116. The van der Waals surface area contributed by atoms with Crippen LogP contribution in [0.15, 0.2) is 65.1 Å². The van der Waals surface area contributed by atoms with Crippen LogP contribution in [0.5, 0.6) is 0 Å². The summed E-state index contributed by atoms with van der Waals surface area (Å²) in [6.07, 6.45) is 3.62. The van der Waals surface area contributed by atoms with E-state index in [0.29, 0.717) is 29.1 Å². The van der Waals surface area contributed by atoms with Crippen molar-refractivity contribution >= 4 is 17.5 Å². The fourth-order valence-corrected chi connectivity index (χ4v) is 4.06. The summed E-state index contributed by atoms with van der Waals surface area (Å²) in [7, 11) is 0. The molecule has 1 unspecified atom stereocenters. The van der Waals surface area contributed by atoms with Crippen LogP contribution in [0.4, 0.5) is 10.2 Å². The van der Waals surface area contributed by atoms with Crippen molar-refractivity contribution in [3.05, 3.63) is 82.1 Å². The van der Waals surface area contributed by atoms with E-state index in [1.165, 1.54) is 12.1 Å². The zero-order valence-corrected chi connectivity index (χ0v) is 16.4. The van der Waals surface area contributed by atoms with Gasteiger partial charge in [0, 0.05) is 41.1 Å². The predicted octanol–water partition coefficient (Wildman–Crippen LogP) is 4.14. The molecule has 1 aromatic carbocycles. The van der Waals surface area contributed by atoms with E-state index in [4.69, 9.17) is 0 Å². The maximum atomic E-state index is 13.5. The van der Waals surface area contributed by atoms with E-state index in [1.807, 2.05) is 19.9 Å². The Labute approximate surface area is 168 Å². The highest BCUT2D eigenvalue weighted by Gasteiger charge is 2.38. The van der Waals surface area contributed by atoms with Crippen LogP contribution in [0, 0.1) is 12.7 Å². The monoisotopic (exact) mass is 391 g/mol. The highest BCUT2D eigenvalue weighted by Crippen LogP contribution is 2.42. The van der Waals surface area contributed by atoms with Gasteiger partial charge in [-0.05, 0) is 62.1 Å². The first-order valence-electron chi connectivity index (χ1n) is 9.67. The summed E-state index contributed by atoms with van der Waals surface area (Å²) >= 11 is 0. The van der Waals surface area contributed by atoms with Crippen molar-refractivity contribution < 1.29 is 14.0 Å². The molecule has 5 nitrogen and oxygen atoms in total. The van der Waals surface area contributed by atoms with Gasteiger partial charge in [-0.3, -0.25) is 9.59 Å². The quantitative estimate of drug-likeness (QED) is 0.825. The average molecular weight is 391 g/mol. The van der Waals surface area contributed by atoms with E-state index in [1.54, 1.807) is 24.4 Å². The van der Waals surface area contributed by atoms with Gasteiger partial charge in [-0.2, -0.15) is 0 Å². The first-order chi connectivity index (χ1) is 13.9. The van der Waals surface area contributed by atoms with Gasteiger partial charge in [0.05, 0.1) is 0 Å². The van der Waals surface area contributed by atoms with Crippen LogP contribution in [-0.2, 0) is 9.59 Å². The van der Waals surface area contributed by atoms with Gasteiger partial charge < -0.3 is 10.6 Å². The largest absolute Gasteiger partial charge is 0.362 e. The number of aryl methyl sites for hydroxylation is 1. The number of allylic oxidation sites excluding steroid dienone is 3. The number of carbonyl (C=O) groups excluding carboxylic acids is 2. The normalized spacial score (nSPS) is 19.0. The first kappa shape index (κ1) is 19.1. The van der Waals surface area contributed by atoms with E-state index in [0.717, 1.165) is 29.7 Å². The fraction of sp³-hybridized carbons (Fsp3) is 0.261. The zero-order valence-electron chi connectivity index (χ0n) is 16.4. The Bertz CT molecular complexity index is 1050. The van der Waals surface area contributed by atoms with E-state index >= 15 is 0 Å². The number of aromatic nitrogens is 1. The molecular weight excluding hydrogens is 369 g/mol. The van der Waals surface area contributed by atoms with Gasteiger partial charge in [0.15, 0.2) is 5.78 Å². The summed E-state index contributed by atoms with van der Waals surface area (Å²) in [4.78, 5) is 30.3. The number of dihydropyridines is 1. The second-order valence-corrected chi connectivity index (χ2v) is 7.49. The lowest BCUT2D eigenvalue weighted by atomic mass is 9.75. The molecule has 2 heterocycles. The van der Waals surface area contributed by atoms with Crippen LogP contribution in [0.2, 0.25) is 0 Å². The van der Waals surface area contributed by atoms with Crippen LogP contribution in [-0.4, -0.2) is 16.7 Å². The highest BCUT2D eigenvalue weighted by atomic mass is 19.1. The number of hydrogen-bond acceptors (Lipinski definition) is 4. The molecule has 1 atom stereocenters. The van der Waals surface area contributed by atoms with Crippen molar-refractivity contribution in [2.75, 3.05) is 5.32 Å². The third kappa shape index (κ3) is 3.70. The number of benzene rings is 1. The predicted molar refractivity (Wildman–Crippen MR) is 108 cm³/mol. The molecule has 2 aliphatic rings. The van der Waals surface area contributed by atoms with Gasteiger partial charge in [0.1, 0.15) is 11.6 Å². The third-order valence-corrected chi connectivity index (χ3v) is 5.38. The Hall–Kier alpha value is -3.28. The number of nitrogens with zero attached hydrogens (tertiary/aromatic N) is 1. The van der Waals surface area contributed by atoms with Gasteiger partial charge in [-0.25, -0.2) is 9.37 Å². The summed E-state index contributed by atoms with van der Waals surface area (Å²) in [5.74, 6) is -0.748. The minimum Gasteiger partial charge on any atom is -0.362 e. The number of nitrogens with one attached hydrogen (secondary N) is 2. The summed E-state index contributed by atoms with van der Waals surface area (Å²) < 4.78 is 13.5. The van der Waals surface area contributed by atoms with Crippen molar-refractivity contribution in [3.63, 3.8) is 0 Å². The minimum atomic E-state index is -0.538. The van der Waals surface area contributed by atoms with E-state index in [9.17, 15) is 14.0 Å². The molecule has 1 amide bonds. The SMILES string of the molecule is CC1=C(C(=O)Nc2cc(C)ccn2)C(c2ccc(F)cc2)C2=C(CCCC2=O)N1. The maximum Gasteiger partial charge on any atom is 0.255 e. The molecule has 148 valence electrons. The Morgan fingerprint density at radius 2 is 1.93 bits per heavy atom. The number of Topliss-reactive ketones (excluding diaryl/α,β-unsaturated/α-hetero) is 1. The number of carbonyl (C=O) groups is 2. The molecule has 1 aliphatic heterocycles. The number of anilines is 1. The molecule has 0 spiro atoms. The third-order valence-electron chi connectivity index (χ3n) is 5.38. The van der Waals surface area contributed by atoms with Crippen LogP contribution < -0.4 is 10.6 Å². The number of ketones is 1. The highest BCUT2D eigenvalue weighted by molar-refractivity contribution is 6.09. The second-order valence-electron chi connectivity index (χ2n) is 7.49. The van der Waals surface area contributed by atoms with Gasteiger partial charge in [0.2, 0.25) is 0 Å². The average Bonchev–Trinajstić information content (AvgIpc) is 2.67. The molecule has 1 aliphatic carbocycles. The molecule has 29 heavy (non-hydrogen) atoms. The van der Waals surface area contributed by atoms with E-state index in [2.05, 4.69) is 15.6 Å². The summed E-state index contributed by atoms with van der Waals surface area (Å²) in [5, 5.41) is 6.12. The Morgan fingerprint density at radius 1 is 1.17 bits per heavy atom. The standard InChI is InChI=1S/C23H22FN3O2/c1-13-10-11-25-19(12-13)27-23(29)20-14(2)26-17-4-3-5-18(28)22(17)21(20)15-6-8-16(24)9-7-15/h6-12,21,26H,3-5H2,1-2H3,(H,25,27,29). The Morgan fingerprint density at radius 3 is 2.66 bits per heavy atom. The maximum absolute atomic E-state index is 13.5. The molecule has 0 bridgehead atoms. The summed E-state index contributed by atoms with van der Waals surface area (Å²) in [6.45, 7) is 3.75. The number of rotatable bonds is 3. The van der Waals surface area contributed by atoms with Crippen molar-refractivity contribution in [1.82, 2.24) is 10.3 Å². The van der Waals surface area contributed by atoms with Crippen molar-refractivity contribution in [2.45, 2.75) is 39.0 Å². The molecular formula is C23H22FN3O2. The van der Waals surface area contributed by atoms with Crippen LogP contribution in [0.3, 0.4) is 0 Å². The Balaban J connectivity index is 1.78. The molecule has 6 heteroatoms. The van der Waals surface area contributed by atoms with Crippen LogP contribution in [0.25, 0.3) is 0 Å².